The van der Waals surface area contributed by atoms with Crippen molar-refractivity contribution in [3.05, 3.63) is 63.9 Å². The zero-order valence-electron chi connectivity index (χ0n) is 12.5. The Morgan fingerprint density at radius 3 is 3.00 bits per heavy atom. The molecule has 0 atom stereocenters. The summed E-state index contributed by atoms with van der Waals surface area (Å²) in [6.45, 7) is 0.688. The van der Waals surface area contributed by atoms with E-state index < -0.39 is 0 Å². The Morgan fingerprint density at radius 2 is 2.22 bits per heavy atom. The molecule has 1 aromatic carbocycles. The maximum Gasteiger partial charge on any atom is 0.346 e. The first kappa shape index (κ1) is 15.6. The van der Waals surface area contributed by atoms with Crippen LogP contribution in [0.4, 0.5) is 4.39 Å². The van der Waals surface area contributed by atoms with E-state index >= 15 is 0 Å². The lowest BCUT2D eigenvalue weighted by atomic mass is 10.1. The molecule has 0 amide bonds. The first-order valence-corrected chi connectivity index (χ1v) is 8.16. The van der Waals surface area contributed by atoms with Gasteiger partial charge in [-0.1, -0.05) is 18.2 Å². The summed E-state index contributed by atoms with van der Waals surface area (Å²) >= 11 is 1.70. The Balaban J connectivity index is 1.74. The summed E-state index contributed by atoms with van der Waals surface area (Å²) in [4.78, 5) is 12.2. The molecule has 23 heavy (non-hydrogen) atoms. The smallest absolute Gasteiger partial charge is 0.327 e. The van der Waals surface area contributed by atoms with E-state index in [0.717, 1.165) is 6.42 Å². The molecule has 2 heterocycles. The molecular weight excluding hydrogens is 315 g/mol. The van der Waals surface area contributed by atoms with Crippen LogP contribution in [-0.2, 0) is 19.5 Å². The first-order valence-electron chi connectivity index (χ1n) is 7.28. The topological polar surface area (TPSA) is 65.8 Å². The zero-order chi connectivity index (χ0) is 16.2. The monoisotopic (exact) mass is 332 g/mol. The highest BCUT2D eigenvalue weighted by atomic mass is 32.1. The summed E-state index contributed by atoms with van der Waals surface area (Å²) in [5.74, 6) is 0. The third-order valence-corrected chi connectivity index (χ3v) is 4.76. The van der Waals surface area contributed by atoms with Crippen molar-refractivity contribution in [2.24, 2.45) is 5.73 Å². The summed E-state index contributed by atoms with van der Waals surface area (Å²) in [7, 11) is 0. The molecule has 0 saturated heterocycles. The summed E-state index contributed by atoms with van der Waals surface area (Å²) < 4.78 is 16.6. The molecule has 0 fully saturated rings. The number of hydrogen-bond acceptors (Lipinski definition) is 4. The van der Waals surface area contributed by atoms with Crippen LogP contribution in [-0.4, -0.2) is 20.9 Å². The van der Waals surface area contributed by atoms with Gasteiger partial charge in [0.15, 0.2) is 0 Å². The maximum absolute atomic E-state index is 12.6. The highest BCUT2D eigenvalue weighted by Gasteiger charge is 2.08. The van der Waals surface area contributed by atoms with Crippen LogP contribution in [0, 0.1) is 0 Å². The van der Waals surface area contributed by atoms with E-state index in [1.165, 1.54) is 26.7 Å². The van der Waals surface area contributed by atoms with Crippen molar-refractivity contribution in [2.75, 3.05) is 6.54 Å². The van der Waals surface area contributed by atoms with E-state index in [2.05, 4.69) is 22.6 Å². The van der Waals surface area contributed by atoms with Gasteiger partial charge in [-0.25, -0.2) is 13.9 Å². The van der Waals surface area contributed by atoms with E-state index in [4.69, 9.17) is 5.73 Å². The van der Waals surface area contributed by atoms with Gasteiger partial charge >= 0.3 is 5.69 Å². The van der Waals surface area contributed by atoms with Gasteiger partial charge in [-0.15, -0.1) is 11.3 Å². The van der Waals surface area contributed by atoms with Gasteiger partial charge < -0.3 is 5.73 Å². The second-order valence-corrected chi connectivity index (χ2v) is 6.15. The predicted octanol–water partition coefficient (Wildman–Crippen LogP) is 2.31. The van der Waals surface area contributed by atoms with Crippen LogP contribution in [0.3, 0.4) is 0 Å². The molecular formula is C16H17FN4OS. The molecule has 2 aromatic heterocycles. The van der Waals surface area contributed by atoms with Gasteiger partial charge in [-0.2, -0.15) is 5.10 Å². The third kappa shape index (κ3) is 3.25. The number of aromatic nitrogens is 3. The fraction of sp³-hybridized carbons (Fsp3) is 0.250. The fourth-order valence-electron chi connectivity index (χ4n) is 2.44. The number of nitrogens with two attached hydrogens (primary N) is 1. The molecule has 120 valence electrons. The average molecular weight is 332 g/mol. The molecule has 7 heteroatoms. The summed E-state index contributed by atoms with van der Waals surface area (Å²) in [5.41, 5.74) is 6.71. The summed E-state index contributed by atoms with van der Waals surface area (Å²) in [5, 5.41) is 7.37. The minimum Gasteiger partial charge on any atom is -0.327 e. The zero-order valence-corrected chi connectivity index (χ0v) is 13.3. The Hall–Kier alpha value is -2.25. The number of rotatable bonds is 6. The predicted molar refractivity (Wildman–Crippen MR) is 90.3 cm³/mol. The Bertz CT molecular complexity index is 893. The SMILES string of the molecule is NC/C(=C\F)Cn1ncn(CCc2csc3ccccc23)c1=O. The Morgan fingerprint density at radius 1 is 1.39 bits per heavy atom. The van der Waals surface area contributed by atoms with Crippen LogP contribution in [0.2, 0.25) is 0 Å². The van der Waals surface area contributed by atoms with Crippen molar-refractivity contribution in [3.63, 3.8) is 0 Å². The van der Waals surface area contributed by atoms with Gasteiger partial charge in [0.05, 0.1) is 12.9 Å². The van der Waals surface area contributed by atoms with E-state index in [0.29, 0.717) is 18.4 Å². The molecule has 0 aliphatic heterocycles. The third-order valence-electron chi connectivity index (χ3n) is 3.75. The van der Waals surface area contributed by atoms with Crippen molar-refractivity contribution >= 4 is 21.4 Å². The van der Waals surface area contributed by atoms with Crippen LogP contribution < -0.4 is 11.4 Å². The van der Waals surface area contributed by atoms with Crippen LogP contribution in [0.15, 0.2) is 52.7 Å². The van der Waals surface area contributed by atoms with Crippen molar-refractivity contribution in [2.45, 2.75) is 19.5 Å². The summed E-state index contributed by atoms with van der Waals surface area (Å²) in [6.07, 6.45) is 2.67. The van der Waals surface area contributed by atoms with E-state index in [1.54, 1.807) is 15.9 Å². The minimum absolute atomic E-state index is 0.0662. The van der Waals surface area contributed by atoms with Crippen LogP contribution in [0.5, 0.6) is 0 Å². The molecule has 0 saturated carbocycles. The molecule has 0 unspecified atom stereocenters. The van der Waals surface area contributed by atoms with Crippen molar-refractivity contribution in [3.8, 4) is 0 Å². The van der Waals surface area contributed by atoms with Gasteiger partial charge in [0.2, 0.25) is 0 Å². The second kappa shape index (κ2) is 6.89. The minimum atomic E-state index is -0.252. The average Bonchev–Trinajstić information content (AvgIpc) is 3.15. The van der Waals surface area contributed by atoms with E-state index in [-0.39, 0.29) is 18.8 Å². The van der Waals surface area contributed by atoms with Gasteiger partial charge in [0.25, 0.3) is 0 Å². The number of nitrogens with zero attached hydrogens (tertiary/aromatic N) is 3. The molecule has 0 bridgehead atoms. The van der Waals surface area contributed by atoms with Crippen molar-refractivity contribution in [1.29, 1.82) is 0 Å². The number of halogens is 1. The normalized spacial score (nSPS) is 12.2. The molecule has 3 rings (SSSR count). The molecule has 0 radical (unpaired) electrons. The standard InChI is InChI=1S/C16H17FN4OS/c17-7-12(8-18)9-21-16(22)20(11-19-21)6-5-13-10-23-15-4-2-1-3-14(13)15/h1-4,7,10-11H,5-6,8-9,18H2/b12-7+. The van der Waals surface area contributed by atoms with Crippen molar-refractivity contribution < 1.29 is 4.39 Å². The highest BCUT2D eigenvalue weighted by molar-refractivity contribution is 7.17. The van der Waals surface area contributed by atoms with Gasteiger partial charge in [-0.3, -0.25) is 4.57 Å². The lowest BCUT2D eigenvalue weighted by molar-refractivity contribution is 0.593. The van der Waals surface area contributed by atoms with Crippen LogP contribution >= 0.6 is 11.3 Å². The molecule has 5 nitrogen and oxygen atoms in total. The van der Waals surface area contributed by atoms with Gasteiger partial charge in [0, 0.05) is 17.8 Å². The van der Waals surface area contributed by atoms with E-state index in [9.17, 15) is 9.18 Å². The molecule has 2 N–H and O–H groups in total. The Kier molecular flexibility index (Phi) is 4.68. The number of hydrogen-bond donors (Lipinski definition) is 1. The first-order chi connectivity index (χ1) is 11.2. The molecule has 0 aliphatic rings. The fourth-order valence-corrected chi connectivity index (χ4v) is 3.43. The number of aryl methyl sites for hydroxylation is 2. The second-order valence-electron chi connectivity index (χ2n) is 5.24. The number of benzene rings is 1. The largest absolute Gasteiger partial charge is 0.346 e. The van der Waals surface area contributed by atoms with Gasteiger partial charge in [-0.05, 0) is 34.4 Å². The van der Waals surface area contributed by atoms with Crippen LogP contribution in [0.1, 0.15) is 5.56 Å². The molecule has 0 aliphatic carbocycles. The van der Waals surface area contributed by atoms with Crippen LogP contribution in [0.25, 0.3) is 10.1 Å². The number of thiophene rings is 1. The van der Waals surface area contributed by atoms with Gasteiger partial charge in [0.1, 0.15) is 6.33 Å². The molecule has 0 spiro atoms. The summed E-state index contributed by atoms with van der Waals surface area (Å²) in [6, 6.07) is 8.21. The molecule has 3 aromatic rings. The van der Waals surface area contributed by atoms with E-state index in [1.807, 2.05) is 12.1 Å². The number of fused-ring (bicyclic) bond motifs is 1. The highest BCUT2D eigenvalue weighted by Crippen LogP contribution is 2.26. The lowest BCUT2D eigenvalue weighted by Gasteiger charge is -2.02. The maximum atomic E-state index is 12.6. The van der Waals surface area contributed by atoms with Crippen molar-refractivity contribution in [1.82, 2.24) is 14.3 Å². The lowest BCUT2D eigenvalue weighted by Crippen LogP contribution is -2.27. The quantitative estimate of drug-likeness (QED) is 0.753. The Labute approximate surface area is 136 Å².